The molecule has 0 aliphatic carbocycles. The van der Waals surface area contributed by atoms with Gasteiger partial charge in [-0.15, -0.1) is 0 Å². The van der Waals surface area contributed by atoms with Gasteiger partial charge in [0, 0.05) is 10.9 Å². The van der Waals surface area contributed by atoms with Gasteiger partial charge in [0.2, 0.25) is 0 Å². The first-order chi connectivity index (χ1) is 9.22. The van der Waals surface area contributed by atoms with Crippen molar-refractivity contribution in [2.75, 3.05) is 6.61 Å². The number of ether oxygens (including phenoxy) is 2. The summed E-state index contributed by atoms with van der Waals surface area (Å²) in [6.45, 7) is 1.95. The first-order valence-corrected chi connectivity index (χ1v) is 6.41. The van der Waals surface area contributed by atoms with Crippen LogP contribution in [0.2, 0.25) is 0 Å². The smallest absolute Gasteiger partial charge is 0.434 e. The lowest BCUT2D eigenvalue weighted by Gasteiger charge is -1.99. The first kappa shape index (κ1) is 13.1. The lowest BCUT2D eigenvalue weighted by atomic mass is 10.1. The summed E-state index contributed by atoms with van der Waals surface area (Å²) in [4.78, 5) is 15.3. The third kappa shape index (κ3) is 3.30. The Bertz CT molecular complexity index is 631. The maximum absolute atomic E-state index is 11.1. The van der Waals surface area contributed by atoms with E-state index in [-0.39, 0.29) is 11.8 Å². The van der Waals surface area contributed by atoms with Crippen LogP contribution in [-0.2, 0) is 4.74 Å². The van der Waals surface area contributed by atoms with Crippen molar-refractivity contribution in [3.8, 4) is 22.5 Å². The van der Waals surface area contributed by atoms with Gasteiger partial charge in [0.05, 0.1) is 23.9 Å². The van der Waals surface area contributed by atoms with E-state index < -0.39 is 6.16 Å². The van der Waals surface area contributed by atoms with Gasteiger partial charge >= 0.3 is 6.16 Å². The minimum absolute atomic E-state index is 0.218. The standard InChI is InChI=1S/C13H10N2O3S/c1-2-17-13(16)18-12-15-11(8-19-12)10-5-3-4-9(6-10)7-14/h3-6,8H,2H2,1H3. The molecule has 0 N–H and O–H groups in total. The van der Waals surface area contributed by atoms with E-state index in [0.717, 1.165) is 5.56 Å². The van der Waals surface area contributed by atoms with Gasteiger partial charge < -0.3 is 9.47 Å². The molecule has 0 saturated carbocycles. The molecule has 0 amide bonds. The Kier molecular flexibility index (Phi) is 4.11. The van der Waals surface area contributed by atoms with Crippen molar-refractivity contribution in [2.24, 2.45) is 0 Å². The minimum Gasteiger partial charge on any atom is -0.434 e. The molecule has 0 fully saturated rings. The Morgan fingerprint density at radius 3 is 3.11 bits per heavy atom. The van der Waals surface area contributed by atoms with E-state index in [0.29, 0.717) is 11.3 Å². The molecule has 19 heavy (non-hydrogen) atoms. The number of rotatable bonds is 3. The van der Waals surface area contributed by atoms with E-state index in [9.17, 15) is 4.79 Å². The van der Waals surface area contributed by atoms with E-state index >= 15 is 0 Å². The van der Waals surface area contributed by atoms with E-state index in [1.165, 1.54) is 11.3 Å². The predicted molar refractivity (Wildman–Crippen MR) is 69.9 cm³/mol. The Balaban J connectivity index is 2.16. The number of thiazole rings is 1. The summed E-state index contributed by atoms with van der Waals surface area (Å²) in [5.74, 6) is 0. The van der Waals surface area contributed by atoms with Crippen LogP contribution in [0.1, 0.15) is 12.5 Å². The molecule has 0 atom stereocenters. The molecule has 5 nitrogen and oxygen atoms in total. The van der Waals surface area contributed by atoms with E-state index in [1.54, 1.807) is 30.5 Å². The zero-order valence-electron chi connectivity index (χ0n) is 10.1. The quantitative estimate of drug-likeness (QED) is 0.803. The van der Waals surface area contributed by atoms with Gasteiger partial charge in [-0.2, -0.15) is 5.26 Å². The van der Waals surface area contributed by atoms with Crippen LogP contribution in [0.5, 0.6) is 5.19 Å². The number of nitriles is 1. The molecule has 2 aromatic rings. The van der Waals surface area contributed by atoms with Crippen LogP contribution in [0.25, 0.3) is 11.3 Å². The van der Waals surface area contributed by atoms with Crippen LogP contribution in [0.4, 0.5) is 4.79 Å². The van der Waals surface area contributed by atoms with E-state index in [1.807, 2.05) is 6.07 Å². The van der Waals surface area contributed by atoms with Crippen molar-refractivity contribution in [3.63, 3.8) is 0 Å². The van der Waals surface area contributed by atoms with Gasteiger partial charge in [0.1, 0.15) is 0 Å². The molecule has 0 radical (unpaired) electrons. The van der Waals surface area contributed by atoms with Crippen molar-refractivity contribution < 1.29 is 14.3 Å². The van der Waals surface area contributed by atoms with E-state index in [2.05, 4.69) is 15.8 Å². The number of hydrogen-bond acceptors (Lipinski definition) is 6. The maximum Gasteiger partial charge on any atom is 0.515 e. The molecule has 0 unspecified atom stereocenters. The van der Waals surface area contributed by atoms with Gasteiger partial charge in [0.15, 0.2) is 0 Å². The number of carbonyl (C=O) groups excluding carboxylic acids is 1. The summed E-state index contributed by atoms with van der Waals surface area (Å²) in [6, 6.07) is 9.12. The first-order valence-electron chi connectivity index (χ1n) is 5.53. The van der Waals surface area contributed by atoms with Crippen LogP contribution >= 0.6 is 11.3 Å². The lowest BCUT2D eigenvalue weighted by molar-refractivity contribution is 0.104. The van der Waals surface area contributed by atoms with Crippen molar-refractivity contribution in [2.45, 2.75) is 6.92 Å². The van der Waals surface area contributed by atoms with Crippen LogP contribution in [0, 0.1) is 11.3 Å². The zero-order chi connectivity index (χ0) is 13.7. The fourth-order valence-electron chi connectivity index (χ4n) is 1.40. The molecule has 96 valence electrons. The third-order valence-electron chi connectivity index (χ3n) is 2.20. The number of benzene rings is 1. The summed E-state index contributed by atoms with van der Waals surface area (Å²) in [5.41, 5.74) is 2.01. The van der Waals surface area contributed by atoms with Crippen molar-refractivity contribution in [1.29, 1.82) is 5.26 Å². The van der Waals surface area contributed by atoms with Crippen molar-refractivity contribution in [1.82, 2.24) is 4.98 Å². The maximum atomic E-state index is 11.1. The van der Waals surface area contributed by atoms with Crippen LogP contribution in [0.3, 0.4) is 0 Å². The second-order valence-corrected chi connectivity index (χ2v) is 4.30. The highest BCUT2D eigenvalue weighted by Crippen LogP contribution is 2.27. The normalized spacial score (nSPS) is 9.68. The summed E-state index contributed by atoms with van der Waals surface area (Å²) >= 11 is 1.19. The molecule has 1 aromatic carbocycles. The Morgan fingerprint density at radius 1 is 1.53 bits per heavy atom. The largest absolute Gasteiger partial charge is 0.515 e. The molecular weight excluding hydrogens is 264 g/mol. The summed E-state index contributed by atoms with van der Waals surface area (Å²) < 4.78 is 9.55. The highest BCUT2D eigenvalue weighted by molar-refractivity contribution is 7.11. The van der Waals surface area contributed by atoms with Gasteiger partial charge in [-0.1, -0.05) is 23.5 Å². The summed E-state index contributed by atoms with van der Waals surface area (Å²) in [7, 11) is 0. The number of nitrogens with zero attached hydrogens (tertiary/aromatic N) is 2. The van der Waals surface area contributed by atoms with Crippen LogP contribution in [-0.4, -0.2) is 17.7 Å². The molecule has 0 saturated heterocycles. The lowest BCUT2D eigenvalue weighted by Crippen LogP contribution is -2.09. The predicted octanol–water partition coefficient (Wildman–Crippen LogP) is 3.22. The fourth-order valence-corrected chi connectivity index (χ4v) is 2.07. The second kappa shape index (κ2) is 5.98. The third-order valence-corrected chi connectivity index (χ3v) is 2.92. The van der Waals surface area contributed by atoms with Gasteiger partial charge in [-0.3, -0.25) is 0 Å². The topological polar surface area (TPSA) is 72.2 Å². The van der Waals surface area contributed by atoms with Gasteiger partial charge in [0.25, 0.3) is 5.19 Å². The highest BCUT2D eigenvalue weighted by Gasteiger charge is 2.10. The fraction of sp³-hybridized carbons (Fsp3) is 0.154. The highest BCUT2D eigenvalue weighted by atomic mass is 32.1. The van der Waals surface area contributed by atoms with Crippen molar-refractivity contribution in [3.05, 3.63) is 35.2 Å². The molecule has 0 spiro atoms. The molecule has 0 aliphatic heterocycles. The Hall–Kier alpha value is -2.39. The average Bonchev–Trinajstić information content (AvgIpc) is 2.87. The number of hydrogen-bond donors (Lipinski definition) is 0. The SMILES string of the molecule is CCOC(=O)Oc1nc(-c2cccc(C#N)c2)cs1. The molecule has 0 bridgehead atoms. The molecule has 2 rings (SSSR count). The minimum atomic E-state index is -0.769. The number of aromatic nitrogens is 1. The van der Waals surface area contributed by atoms with Gasteiger partial charge in [-0.05, 0) is 19.1 Å². The van der Waals surface area contributed by atoms with Gasteiger partial charge in [-0.25, -0.2) is 9.78 Å². The van der Waals surface area contributed by atoms with Crippen LogP contribution in [0.15, 0.2) is 29.6 Å². The van der Waals surface area contributed by atoms with Crippen molar-refractivity contribution >= 4 is 17.5 Å². The Morgan fingerprint density at radius 2 is 2.37 bits per heavy atom. The monoisotopic (exact) mass is 274 g/mol. The molecule has 1 aromatic heterocycles. The second-order valence-electron chi connectivity index (χ2n) is 3.48. The summed E-state index contributed by atoms with van der Waals surface area (Å²) in [5, 5.41) is 10.8. The molecular formula is C13H10N2O3S. The molecule has 1 heterocycles. The van der Waals surface area contributed by atoms with E-state index in [4.69, 9.17) is 10.00 Å². The molecule has 6 heteroatoms. The number of carbonyl (C=O) groups is 1. The summed E-state index contributed by atoms with van der Waals surface area (Å²) in [6.07, 6.45) is -0.769. The average molecular weight is 274 g/mol. The Labute approximate surface area is 114 Å². The zero-order valence-corrected chi connectivity index (χ0v) is 10.9. The molecule has 0 aliphatic rings. The van der Waals surface area contributed by atoms with Crippen LogP contribution < -0.4 is 4.74 Å².